The highest BCUT2D eigenvalue weighted by atomic mass is 16.3. The minimum Gasteiger partial charge on any atom is -0.380 e. The van der Waals surface area contributed by atoms with Crippen LogP contribution in [-0.4, -0.2) is 25.7 Å². The van der Waals surface area contributed by atoms with E-state index in [1.165, 1.54) is 12.7 Å². The van der Waals surface area contributed by atoms with Crippen molar-refractivity contribution in [2.24, 2.45) is 5.10 Å². The van der Waals surface area contributed by atoms with Crippen LogP contribution in [0.4, 0.5) is 0 Å². The first-order valence-corrected chi connectivity index (χ1v) is 7.74. The number of hydrogen-bond donors (Lipinski definition) is 1. The van der Waals surface area contributed by atoms with E-state index < -0.39 is 5.60 Å². The minimum atomic E-state index is -1.10. The fraction of sp³-hybridized carbons (Fsp3) is 0.105. The highest BCUT2D eigenvalue weighted by molar-refractivity contribution is 6.08. The summed E-state index contributed by atoms with van der Waals surface area (Å²) in [4.78, 5) is 0. The van der Waals surface area contributed by atoms with Gasteiger partial charge in [-0.15, -0.1) is 10.2 Å². The lowest BCUT2D eigenvalue weighted by Gasteiger charge is -2.27. The maximum atomic E-state index is 11.5. The summed E-state index contributed by atoms with van der Waals surface area (Å²) in [6, 6.07) is 19.6. The van der Waals surface area contributed by atoms with Crippen LogP contribution in [0.5, 0.6) is 0 Å². The van der Waals surface area contributed by atoms with Gasteiger partial charge in [0.25, 0.3) is 0 Å². The molecule has 1 aliphatic rings. The van der Waals surface area contributed by atoms with Gasteiger partial charge < -0.3 is 5.11 Å². The smallest absolute Gasteiger partial charge is 0.141 e. The van der Waals surface area contributed by atoms with E-state index >= 15 is 0 Å². The Morgan fingerprint density at radius 1 is 0.917 bits per heavy atom. The van der Waals surface area contributed by atoms with E-state index in [2.05, 4.69) is 15.3 Å². The summed E-state index contributed by atoms with van der Waals surface area (Å²) in [6.07, 6.45) is 5.41. The zero-order valence-electron chi connectivity index (χ0n) is 12.9. The van der Waals surface area contributed by atoms with Crippen molar-refractivity contribution < 1.29 is 5.11 Å². The Morgan fingerprint density at radius 3 is 2.21 bits per heavy atom. The molecule has 5 nitrogen and oxygen atoms in total. The van der Waals surface area contributed by atoms with Crippen LogP contribution < -0.4 is 0 Å². The van der Waals surface area contributed by atoms with Crippen LogP contribution in [0, 0.1) is 0 Å². The van der Waals surface area contributed by atoms with Crippen molar-refractivity contribution in [2.75, 3.05) is 0 Å². The highest BCUT2D eigenvalue weighted by Gasteiger charge is 2.40. The molecule has 1 N–H and O–H groups in total. The van der Waals surface area contributed by atoms with Crippen LogP contribution in [0.25, 0.3) is 5.57 Å². The summed E-state index contributed by atoms with van der Waals surface area (Å²) in [5.41, 5.74) is 2.36. The van der Waals surface area contributed by atoms with Gasteiger partial charge in [0.2, 0.25) is 0 Å². The standard InChI is InChI=1S/C19H16N4O/c24-19(16-9-5-2-6-10-16)12-17(22-23-13-20-21-14-23)11-18(19)15-7-3-1-4-8-15/h1-11,13-14,24H,12H2/b22-17+/t19-/m1/s1. The highest BCUT2D eigenvalue weighted by Crippen LogP contribution is 2.43. The molecule has 0 spiro atoms. The quantitative estimate of drug-likeness (QED) is 0.808. The molecule has 0 aliphatic heterocycles. The van der Waals surface area contributed by atoms with E-state index in [9.17, 15) is 5.11 Å². The van der Waals surface area contributed by atoms with E-state index in [1.807, 2.05) is 66.7 Å². The van der Waals surface area contributed by atoms with Gasteiger partial charge in [-0.05, 0) is 22.8 Å². The molecule has 0 fully saturated rings. The summed E-state index contributed by atoms with van der Waals surface area (Å²) in [5, 5.41) is 23.5. The topological polar surface area (TPSA) is 63.3 Å². The van der Waals surface area contributed by atoms with Gasteiger partial charge in [-0.3, -0.25) is 0 Å². The van der Waals surface area contributed by atoms with E-state index in [0.717, 1.165) is 22.4 Å². The van der Waals surface area contributed by atoms with Gasteiger partial charge in [0.15, 0.2) is 0 Å². The summed E-state index contributed by atoms with van der Waals surface area (Å²) < 4.78 is 1.55. The summed E-state index contributed by atoms with van der Waals surface area (Å²) in [6.45, 7) is 0. The predicted octanol–water partition coefficient (Wildman–Crippen LogP) is 2.86. The molecule has 2 aromatic carbocycles. The van der Waals surface area contributed by atoms with Gasteiger partial charge in [-0.1, -0.05) is 60.7 Å². The first-order valence-electron chi connectivity index (χ1n) is 7.74. The molecule has 5 heteroatoms. The van der Waals surface area contributed by atoms with E-state index in [4.69, 9.17) is 0 Å². The lowest BCUT2D eigenvalue weighted by molar-refractivity contribution is 0.113. The second-order valence-electron chi connectivity index (χ2n) is 5.76. The Hall–Kier alpha value is -3.05. The van der Waals surface area contributed by atoms with Gasteiger partial charge >= 0.3 is 0 Å². The molecule has 3 aromatic rings. The lowest BCUT2D eigenvalue weighted by Crippen LogP contribution is -2.25. The van der Waals surface area contributed by atoms with Crippen LogP contribution in [0.15, 0.2) is 84.5 Å². The van der Waals surface area contributed by atoms with Crippen molar-refractivity contribution in [3.05, 3.63) is 90.5 Å². The largest absolute Gasteiger partial charge is 0.380 e. The van der Waals surface area contributed by atoms with Crippen LogP contribution >= 0.6 is 0 Å². The van der Waals surface area contributed by atoms with E-state index in [1.54, 1.807) is 4.68 Å². The molecule has 1 atom stereocenters. The fourth-order valence-electron chi connectivity index (χ4n) is 3.07. The second kappa shape index (κ2) is 5.86. The first kappa shape index (κ1) is 14.5. The zero-order chi connectivity index (χ0) is 16.4. The maximum absolute atomic E-state index is 11.5. The van der Waals surface area contributed by atoms with Crippen molar-refractivity contribution in [3.63, 3.8) is 0 Å². The molecule has 1 heterocycles. The number of aromatic nitrogens is 3. The molecule has 4 rings (SSSR count). The Balaban J connectivity index is 1.83. The summed E-state index contributed by atoms with van der Waals surface area (Å²) in [5.74, 6) is 0. The molecule has 24 heavy (non-hydrogen) atoms. The number of allylic oxidation sites excluding steroid dienone is 1. The third-order valence-corrected chi connectivity index (χ3v) is 4.18. The van der Waals surface area contributed by atoms with Crippen molar-refractivity contribution in [2.45, 2.75) is 12.0 Å². The van der Waals surface area contributed by atoms with E-state index in [-0.39, 0.29) is 0 Å². The molecule has 0 radical (unpaired) electrons. The number of aliphatic hydroxyl groups is 1. The Morgan fingerprint density at radius 2 is 1.54 bits per heavy atom. The van der Waals surface area contributed by atoms with Gasteiger partial charge in [0.1, 0.15) is 18.3 Å². The zero-order valence-corrected chi connectivity index (χ0v) is 12.9. The molecule has 118 valence electrons. The van der Waals surface area contributed by atoms with Crippen molar-refractivity contribution in [1.29, 1.82) is 0 Å². The summed E-state index contributed by atoms with van der Waals surface area (Å²) in [7, 11) is 0. The molecular weight excluding hydrogens is 300 g/mol. The molecule has 0 saturated carbocycles. The maximum Gasteiger partial charge on any atom is 0.141 e. The number of benzene rings is 2. The third kappa shape index (κ3) is 2.55. The molecule has 1 aliphatic carbocycles. The summed E-state index contributed by atoms with van der Waals surface area (Å²) >= 11 is 0. The van der Waals surface area contributed by atoms with Crippen LogP contribution in [0.3, 0.4) is 0 Å². The Bertz CT molecular complexity index is 886. The molecule has 0 bridgehead atoms. The Kier molecular flexibility index (Phi) is 3.55. The average molecular weight is 316 g/mol. The average Bonchev–Trinajstić information content (AvgIpc) is 3.25. The normalized spacial score (nSPS) is 21.9. The van der Waals surface area contributed by atoms with Crippen LogP contribution in [0.1, 0.15) is 17.5 Å². The van der Waals surface area contributed by atoms with Crippen molar-refractivity contribution in [3.8, 4) is 0 Å². The molecule has 1 aromatic heterocycles. The number of rotatable bonds is 3. The monoisotopic (exact) mass is 316 g/mol. The van der Waals surface area contributed by atoms with E-state index in [0.29, 0.717) is 6.42 Å². The van der Waals surface area contributed by atoms with Crippen molar-refractivity contribution >= 4 is 11.3 Å². The molecule has 0 unspecified atom stereocenters. The van der Waals surface area contributed by atoms with Crippen LogP contribution in [-0.2, 0) is 5.60 Å². The van der Waals surface area contributed by atoms with Gasteiger partial charge in [-0.25, -0.2) is 4.68 Å². The molecular formula is C19H16N4O. The predicted molar refractivity (Wildman–Crippen MR) is 92.2 cm³/mol. The van der Waals surface area contributed by atoms with Gasteiger partial charge in [-0.2, -0.15) is 5.10 Å². The van der Waals surface area contributed by atoms with Gasteiger partial charge in [0, 0.05) is 6.42 Å². The van der Waals surface area contributed by atoms with Gasteiger partial charge in [0.05, 0.1) is 5.71 Å². The molecule has 0 saturated heterocycles. The first-order chi connectivity index (χ1) is 11.8. The van der Waals surface area contributed by atoms with Crippen LogP contribution in [0.2, 0.25) is 0 Å². The second-order valence-corrected chi connectivity index (χ2v) is 5.76. The van der Waals surface area contributed by atoms with Crippen molar-refractivity contribution in [1.82, 2.24) is 14.9 Å². The SMILES string of the molecule is O[C@@]1(c2ccccc2)C/C(=N/n2cnnc2)C=C1c1ccccc1. The molecule has 0 amide bonds. The number of hydrogen-bond acceptors (Lipinski definition) is 4. The number of nitrogens with zero attached hydrogens (tertiary/aromatic N) is 4. The minimum absolute atomic E-state index is 0.402. The third-order valence-electron chi connectivity index (χ3n) is 4.18. The lowest BCUT2D eigenvalue weighted by atomic mass is 9.84. The fourth-order valence-corrected chi connectivity index (χ4v) is 3.07. The Labute approximate surface area is 139 Å².